The van der Waals surface area contributed by atoms with Gasteiger partial charge >= 0.3 is 5.97 Å². The van der Waals surface area contributed by atoms with Crippen molar-refractivity contribution in [2.75, 3.05) is 18.9 Å². The number of ether oxygens (including phenoxy) is 1. The smallest absolute Gasteiger partial charge is 0.328 e. The molecule has 0 radical (unpaired) electrons. The number of benzene rings is 1. The van der Waals surface area contributed by atoms with Crippen molar-refractivity contribution in [1.29, 1.82) is 0 Å². The normalized spacial score (nSPS) is 17.9. The van der Waals surface area contributed by atoms with Crippen LogP contribution in [0.5, 0.6) is 0 Å². The molecule has 2 rings (SSSR count). The minimum Gasteiger partial charge on any atom is -0.464 e. The first-order valence-corrected chi connectivity index (χ1v) is 6.99. The SMILES string of the molecule is CCOC(=O)C1CCCN1C(=O)c1cc(N)cc(C)c1F. The maximum absolute atomic E-state index is 14.1. The van der Waals surface area contributed by atoms with E-state index in [2.05, 4.69) is 0 Å². The number of hydrogen-bond donors (Lipinski definition) is 1. The summed E-state index contributed by atoms with van der Waals surface area (Å²) in [7, 11) is 0. The minimum absolute atomic E-state index is 0.0938. The minimum atomic E-state index is -0.640. The van der Waals surface area contributed by atoms with Crippen molar-refractivity contribution in [3.8, 4) is 0 Å². The largest absolute Gasteiger partial charge is 0.464 e. The summed E-state index contributed by atoms with van der Waals surface area (Å²) in [6, 6.07) is 2.14. The molecule has 0 aliphatic carbocycles. The Morgan fingerprint density at radius 3 is 2.86 bits per heavy atom. The molecule has 21 heavy (non-hydrogen) atoms. The third-order valence-electron chi connectivity index (χ3n) is 3.58. The molecule has 1 heterocycles. The molecule has 0 saturated carbocycles. The van der Waals surface area contributed by atoms with Crippen molar-refractivity contribution in [3.63, 3.8) is 0 Å². The lowest BCUT2D eigenvalue weighted by atomic mass is 10.1. The van der Waals surface area contributed by atoms with Crippen LogP contribution in [0.15, 0.2) is 12.1 Å². The summed E-state index contributed by atoms with van der Waals surface area (Å²) in [5.41, 5.74) is 6.22. The number of hydrogen-bond acceptors (Lipinski definition) is 4. The van der Waals surface area contributed by atoms with E-state index in [1.165, 1.54) is 17.0 Å². The van der Waals surface area contributed by atoms with Crippen LogP contribution in [0.25, 0.3) is 0 Å². The molecule has 2 N–H and O–H groups in total. The highest BCUT2D eigenvalue weighted by Crippen LogP contribution is 2.24. The van der Waals surface area contributed by atoms with Gasteiger partial charge in [-0.2, -0.15) is 0 Å². The van der Waals surface area contributed by atoms with Crippen LogP contribution >= 0.6 is 0 Å². The Morgan fingerprint density at radius 1 is 1.48 bits per heavy atom. The van der Waals surface area contributed by atoms with Gasteiger partial charge in [0.1, 0.15) is 11.9 Å². The van der Waals surface area contributed by atoms with Gasteiger partial charge in [-0.25, -0.2) is 9.18 Å². The molecule has 1 aromatic carbocycles. The van der Waals surface area contributed by atoms with Gasteiger partial charge in [0.05, 0.1) is 12.2 Å². The maximum atomic E-state index is 14.1. The molecular weight excluding hydrogens is 275 g/mol. The van der Waals surface area contributed by atoms with E-state index < -0.39 is 23.7 Å². The van der Waals surface area contributed by atoms with Gasteiger partial charge in [-0.15, -0.1) is 0 Å². The lowest BCUT2D eigenvalue weighted by Crippen LogP contribution is -2.41. The van der Waals surface area contributed by atoms with Crippen LogP contribution in [0.2, 0.25) is 0 Å². The van der Waals surface area contributed by atoms with E-state index in [-0.39, 0.29) is 12.2 Å². The fourth-order valence-electron chi connectivity index (χ4n) is 2.60. The average Bonchev–Trinajstić information content (AvgIpc) is 2.91. The summed E-state index contributed by atoms with van der Waals surface area (Å²) in [5, 5.41) is 0. The summed E-state index contributed by atoms with van der Waals surface area (Å²) >= 11 is 0. The van der Waals surface area contributed by atoms with E-state index in [4.69, 9.17) is 10.5 Å². The molecule has 1 aromatic rings. The van der Waals surface area contributed by atoms with Crippen molar-refractivity contribution < 1.29 is 18.7 Å². The average molecular weight is 294 g/mol. The molecule has 1 saturated heterocycles. The first kappa shape index (κ1) is 15.3. The lowest BCUT2D eigenvalue weighted by molar-refractivity contribution is -0.147. The topological polar surface area (TPSA) is 72.6 Å². The number of rotatable bonds is 3. The Balaban J connectivity index is 2.29. The van der Waals surface area contributed by atoms with Gasteiger partial charge < -0.3 is 15.4 Å². The summed E-state index contributed by atoms with van der Waals surface area (Å²) in [5.74, 6) is -1.55. The Hall–Kier alpha value is -2.11. The van der Waals surface area contributed by atoms with E-state index in [1.54, 1.807) is 13.8 Å². The zero-order chi connectivity index (χ0) is 15.6. The number of likely N-dealkylation sites (tertiary alicyclic amines) is 1. The summed E-state index contributed by atoms with van der Waals surface area (Å²) in [6.45, 7) is 3.92. The molecule has 1 aliphatic rings. The molecular formula is C15H19FN2O3. The number of esters is 1. The van der Waals surface area contributed by atoms with Crippen molar-refractivity contribution >= 4 is 17.6 Å². The molecule has 0 bridgehead atoms. The summed E-state index contributed by atoms with van der Waals surface area (Å²) in [6.07, 6.45) is 1.23. The zero-order valence-electron chi connectivity index (χ0n) is 12.2. The van der Waals surface area contributed by atoms with E-state index in [1.807, 2.05) is 0 Å². The number of halogens is 1. The van der Waals surface area contributed by atoms with Crippen molar-refractivity contribution in [2.45, 2.75) is 32.7 Å². The predicted molar refractivity (Wildman–Crippen MR) is 76.2 cm³/mol. The molecule has 1 atom stereocenters. The van der Waals surface area contributed by atoms with Gasteiger partial charge in [-0.1, -0.05) is 0 Å². The van der Waals surface area contributed by atoms with E-state index in [0.717, 1.165) is 0 Å². The number of nitrogen functional groups attached to an aromatic ring is 1. The van der Waals surface area contributed by atoms with Crippen LogP contribution in [0.4, 0.5) is 10.1 Å². The molecule has 1 unspecified atom stereocenters. The second-order valence-corrected chi connectivity index (χ2v) is 5.11. The van der Waals surface area contributed by atoms with Gasteiger partial charge in [0.25, 0.3) is 5.91 Å². The number of aryl methyl sites for hydroxylation is 1. The molecule has 5 nitrogen and oxygen atoms in total. The van der Waals surface area contributed by atoms with Gasteiger partial charge in [0.2, 0.25) is 0 Å². The van der Waals surface area contributed by atoms with Crippen molar-refractivity contribution in [3.05, 3.63) is 29.1 Å². The van der Waals surface area contributed by atoms with Gasteiger partial charge in [0.15, 0.2) is 0 Å². The molecule has 0 spiro atoms. The summed E-state index contributed by atoms with van der Waals surface area (Å²) in [4.78, 5) is 25.8. The second-order valence-electron chi connectivity index (χ2n) is 5.11. The highest BCUT2D eigenvalue weighted by Gasteiger charge is 2.36. The highest BCUT2D eigenvalue weighted by atomic mass is 19.1. The van der Waals surface area contributed by atoms with Crippen LogP contribution in [0.1, 0.15) is 35.7 Å². The standard InChI is InChI=1S/C15H19FN2O3/c1-3-21-15(20)12-5-4-6-18(12)14(19)11-8-10(17)7-9(2)13(11)16/h7-8,12H,3-6,17H2,1-2H3. The third kappa shape index (κ3) is 2.99. The molecule has 1 amide bonds. The fraction of sp³-hybridized carbons (Fsp3) is 0.467. The molecule has 114 valence electrons. The monoisotopic (exact) mass is 294 g/mol. The van der Waals surface area contributed by atoms with Crippen molar-refractivity contribution in [2.24, 2.45) is 0 Å². The molecule has 6 heteroatoms. The second kappa shape index (κ2) is 6.11. The molecule has 1 aliphatic heterocycles. The molecule has 0 aromatic heterocycles. The van der Waals surface area contributed by atoms with Gasteiger partial charge in [0, 0.05) is 12.2 Å². The van der Waals surface area contributed by atoms with E-state index in [9.17, 15) is 14.0 Å². The third-order valence-corrected chi connectivity index (χ3v) is 3.58. The van der Waals surface area contributed by atoms with Crippen LogP contribution in [-0.4, -0.2) is 36.0 Å². The quantitative estimate of drug-likeness (QED) is 0.682. The Morgan fingerprint density at radius 2 is 2.19 bits per heavy atom. The first-order chi connectivity index (χ1) is 9.95. The van der Waals surface area contributed by atoms with Gasteiger partial charge in [-0.05, 0) is 44.4 Å². The number of carbonyl (C=O) groups is 2. The fourth-order valence-corrected chi connectivity index (χ4v) is 2.60. The Kier molecular flexibility index (Phi) is 4.45. The predicted octanol–water partition coefficient (Wildman–Crippen LogP) is 1.88. The maximum Gasteiger partial charge on any atom is 0.328 e. The number of anilines is 1. The summed E-state index contributed by atoms with van der Waals surface area (Å²) < 4.78 is 19.1. The number of nitrogens with two attached hydrogens (primary N) is 1. The van der Waals surface area contributed by atoms with Crippen LogP contribution in [0.3, 0.4) is 0 Å². The Bertz CT molecular complexity index is 574. The van der Waals surface area contributed by atoms with E-state index in [0.29, 0.717) is 30.6 Å². The molecule has 1 fully saturated rings. The van der Waals surface area contributed by atoms with Gasteiger partial charge in [-0.3, -0.25) is 4.79 Å². The lowest BCUT2D eigenvalue weighted by Gasteiger charge is -2.23. The number of carbonyl (C=O) groups excluding carboxylic acids is 2. The van der Waals surface area contributed by atoms with Crippen LogP contribution < -0.4 is 5.73 Å². The highest BCUT2D eigenvalue weighted by molar-refractivity contribution is 5.98. The number of amides is 1. The van der Waals surface area contributed by atoms with E-state index >= 15 is 0 Å². The van der Waals surface area contributed by atoms with Crippen molar-refractivity contribution in [1.82, 2.24) is 4.90 Å². The number of nitrogens with zero attached hydrogens (tertiary/aromatic N) is 1. The zero-order valence-corrected chi connectivity index (χ0v) is 12.2. The van der Waals surface area contributed by atoms with Crippen LogP contribution in [-0.2, 0) is 9.53 Å². The Labute approximate surface area is 122 Å². The first-order valence-electron chi connectivity index (χ1n) is 6.99. The van der Waals surface area contributed by atoms with Crippen LogP contribution in [0, 0.1) is 12.7 Å².